The molecule has 0 amide bonds. The van der Waals surface area contributed by atoms with Gasteiger partial charge in [0.05, 0.1) is 5.69 Å². The number of halogens is 1. The van der Waals surface area contributed by atoms with Crippen LogP contribution in [0.1, 0.15) is 24.0 Å². The number of benzene rings is 2. The van der Waals surface area contributed by atoms with Gasteiger partial charge in [-0.05, 0) is 62.6 Å². The molecule has 3 N–H and O–H groups in total. The Labute approximate surface area is 130 Å². The fourth-order valence-electron chi connectivity index (χ4n) is 2.96. The number of hydrogen-bond donors (Lipinski definition) is 2. The number of aryl methyl sites for hydroxylation is 2. The first-order valence-electron chi connectivity index (χ1n) is 7.77. The Morgan fingerprint density at radius 3 is 2.68 bits per heavy atom. The van der Waals surface area contributed by atoms with Crippen molar-refractivity contribution in [3.05, 3.63) is 59.4 Å². The van der Waals surface area contributed by atoms with Crippen molar-refractivity contribution in [2.75, 3.05) is 6.54 Å². The molecule has 2 nitrogen and oxygen atoms in total. The minimum atomic E-state index is -0.189. The van der Waals surface area contributed by atoms with Gasteiger partial charge in [0.15, 0.2) is 0 Å². The third-order valence-corrected chi connectivity index (χ3v) is 4.09. The van der Waals surface area contributed by atoms with E-state index >= 15 is 0 Å². The normalized spacial score (nSPS) is 11.2. The average Bonchev–Trinajstić information content (AvgIpc) is 2.86. The van der Waals surface area contributed by atoms with Crippen LogP contribution in [0.3, 0.4) is 0 Å². The quantitative estimate of drug-likeness (QED) is 0.666. The largest absolute Gasteiger partial charge is 0.354 e. The zero-order valence-electron chi connectivity index (χ0n) is 12.8. The number of unbranched alkanes of at least 4 members (excludes halogenated alkanes) is 1. The van der Waals surface area contributed by atoms with Gasteiger partial charge in [0.1, 0.15) is 5.82 Å². The summed E-state index contributed by atoms with van der Waals surface area (Å²) in [7, 11) is 0. The molecule has 22 heavy (non-hydrogen) atoms. The van der Waals surface area contributed by atoms with E-state index in [1.54, 1.807) is 6.07 Å². The number of nitrogens with one attached hydrogen (secondary N) is 1. The molecule has 114 valence electrons. The summed E-state index contributed by atoms with van der Waals surface area (Å²) < 4.78 is 14.2. The van der Waals surface area contributed by atoms with Gasteiger partial charge in [0, 0.05) is 16.5 Å². The molecule has 0 bridgehead atoms. The molecule has 0 fully saturated rings. The van der Waals surface area contributed by atoms with Crippen molar-refractivity contribution in [3.8, 4) is 11.3 Å². The number of rotatable bonds is 5. The molecule has 3 rings (SSSR count). The molecule has 0 aliphatic rings. The van der Waals surface area contributed by atoms with E-state index in [4.69, 9.17) is 5.73 Å². The molecule has 1 aromatic heterocycles. The number of nitrogens with two attached hydrogens (primary N) is 1. The van der Waals surface area contributed by atoms with E-state index in [0.29, 0.717) is 12.1 Å². The number of aromatic nitrogens is 1. The Hall–Kier alpha value is -2.13. The maximum Gasteiger partial charge on any atom is 0.132 e. The highest BCUT2D eigenvalue weighted by Crippen LogP contribution is 2.33. The van der Waals surface area contributed by atoms with Crippen LogP contribution in [-0.4, -0.2) is 11.5 Å². The van der Waals surface area contributed by atoms with E-state index in [1.165, 1.54) is 22.6 Å². The molecule has 0 aliphatic carbocycles. The minimum absolute atomic E-state index is 0.189. The maximum atomic E-state index is 14.2. The molecule has 0 spiro atoms. The predicted molar refractivity (Wildman–Crippen MR) is 90.4 cm³/mol. The topological polar surface area (TPSA) is 41.8 Å². The highest BCUT2D eigenvalue weighted by molar-refractivity contribution is 5.91. The number of hydrogen-bond acceptors (Lipinski definition) is 1. The van der Waals surface area contributed by atoms with Crippen LogP contribution >= 0.6 is 0 Å². The Morgan fingerprint density at radius 2 is 1.91 bits per heavy atom. The van der Waals surface area contributed by atoms with Gasteiger partial charge in [-0.3, -0.25) is 0 Å². The summed E-state index contributed by atoms with van der Waals surface area (Å²) in [6.07, 6.45) is 2.90. The molecule has 0 radical (unpaired) electrons. The highest BCUT2D eigenvalue weighted by atomic mass is 19.1. The summed E-state index contributed by atoms with van der Waals surface area (Å²) in [6.45, 7) is 2.77. The van der Waals surface area contributed by atoms with Crippen LogP contribution in [0.15, 0.2) is 42.5 Å². The van der Waals surface area contributed by atoms with Gasteiger partial charge in [-0.1, -0.05) is 23.8 Å². The van der Waals surface area contributed by atoms with E-state index in [0.717, 1.165) is 30.5 Å². The summed E-state index contributed by atoms with van der Waals surface area (Å²) in [6, 6.07) is 13.3. The van der Waals surface area contributed by atoms with Gasteiger partial charge in [-0.2, -0.15) is 0 Å². The molecule has 0 saturated heterocycles. The second-order valence-corrected chi connectivity index (χ2v) is 5.75. The van der Waals surface area contributed by atoms with E-state index in [-0.39, 0.29) is 5.82 Å². The third kappa shape index (κ3) is 2.77. The van der Waals surface area contributed by atoms with Crippen molar-refractivity contribution in [3.63, 3.8) is 0 Å². The third-order valence-electron chi connectivity index (χ3n) is 4.09. The number of H-pyrrole nitrogens is 1. The van der Waals surface area contributed by atoms with E-state index in [9.17, 15) is 4.39 Å². The zero-order chi connectivity index (χ0) is 15.5. The second-order valence-electron chi connectivity index (χ2n) is 5.75. The van der Waals surface area contributed by atoms with Crippen LogP contribution in [0.25, 0.3) is 22.2 Å². The molecular formula is C19H21FN2. The first-order valence-corrected chi connectivity index (χ1v) is 7.77. The summed E-state index contributed by atoms with van der Waals surface area (Å²) in [4.78, 5) is 3.40. The Balaban J connectivity index is 2.15. The van der Waals surface area contributed by atoms with Crippen LogP contribution in [0.5, 0.6) is 0 Å². The predicted octanol–water partition coefficient (Wildman–Crippen LogP) is 4.56. The van der Waals surface area contributed by atoms with Crippen molar-refractivity contribution < 1.29 is 4.39 Å². The summed E-state index contributed by atoms with van der Waals surface area (Å²) in [5, 5.41) is 1.19. The first kappa shape index (κ1) is 14.8. The molecule has 3 heteroatoms. The highest BCUT2D eigenvalue weighted by Gasteiger charge is 2.15. The van der Waals surface area contributed by atoms with Gasteiger partial charge >= 0.3 is 0 Å². The van der Waals surface area contributed by atoms with Crippen molar-refractivity contribution in [1.29, 1.82) is 0 Å². The summed E-state index contributed by atoms with van der Waals surface area (Å²) >= 11 is 0. The van der Waals surface area contributed by atoms with E-state index in [1.807, 2.05) is 12.1 Å². The summed E-state index contributed by atoms with van der Waals surface area (Å²) in [5.74, 6) is -0.189. The Bertz CT molecular complexity index is 789. The fraction of sp³-hybridized carbons (Fsp3) is 0.263. The number of aromatic amines is 1. The molecule has 0 unspecified atom stereocenters. The van der Waals surface area contributed by atoms with Crippen molar-refractivity contribution >= 4 is 10.9 Å². The first-order chi connectivity index (χ1) is 10.7. The van der Waals surface area contributed by atoms with Crippen molar-refractivity contribution in [2.45, 2.75) is 26.2 Å². The van der Waals surface area contributed by atoms with Gasteiger partial charge < -0.3 is 10.7 Å². The monoisotopic (exact) mass is 296 g/mol. The molecule has 0 aliphatic heterocycles. The molecule has 2 aromatic carbocycles. The lowest BCUT2D eigenvalue weighted by atomic mass is 9.99. The van der Waals surface area contributed by atoms with Crippen LogP contribution in [0.2, 0.25) is 0 Å². The SMILES string of the molecule is Cc1ccc2[nH]c(-c3ccccc3F)c(CCCCN)c2c1. The van der Waals surface area contributed by atoms with Crippen LogP contribution in [0.4, 0.5) is 4.39 Å². The van der Waals surface area contributed by atoms with Crippen molar-refractivity contribution in [2.24, 2.45) is 5.73 Å². The van der Waals surface area contributed by atoms with Crippen LogP contribution in [-0.2, 0) is 6.42 Å². The standard InChI is InChI=1S/C19H21FN2/c1-13-9-10-18-16(12-13)14(6-4-5-11-21)19(22-18)15-7-2-3-8-17(15)20/h2-3,7-10,12,22H,4-6,11,21H2,1H3. The van der Waals surface area contributed by atoms with Crippen molar-refractivity contribution in [1.82, 2.24) is 4.98 Å². The number of fused-ring (bicyclic) bond motifs is 1. The Morgan fingerprint density at radius 1 is 1.09 bits per heavy atom. The van der Waals surface area contributed by atoms with Gasteiger partial charge in [-0.25, -0.2) is 4.39 Å². The van der Waals surface area contributed by atoms with E-state index in [2.05, 4.69) is 30.1 Å². The average molecular weight is 296 g/mol. The second kappa shape index (κ2) is 6.32. The smallest absolute Gasteiger partial charge is 0.132 e. The van der Waals surface area contributed by atoms with Gasteiger partial charge in [0.25, 0.3) is 0 Å². The Kier molecular flexibility index (Phi) is 4.25. The lowest BCUT2D eigenvalue weighted by Gasteiger charge is -2.06. The maximum absolute atomic E-state index is 14.2. The fourth-order valence-corrected chi connectivity index (χ4v) is 2.96. The van der Waals surface area contributed by atoms with Crippen LogP contribution < -0.4 is 5.73 Å². The van der Waals surface area contributed by atoms with Gasteiger partial charge in [0.2, 0.25) is 0 Å². The minimum Gasteiger partial charge on any atom is -0.354 e. The lowest BCUT2D eigenvalue weighted by molar-refractivity contribution is 0.630. The van der Waals surface area contributed by atoms with Gasteiger partial charge in [-0.15, -0.1) is 0 Å². The molecule has 1 heterocycles. The molecule has 0 atom stereocenters. The molecule has 0 saturated carbocycles. The lowest BCUT2D eigenvalue weighted by Crippen LogP contribution is -1.99. The van der Waals surface area contributed by atoms with E-state index < -0.39 is 0 Å². The summed E-state index contributed by atoms with van der Waals surface area (Å²) in [5.41, 5.74) is 10.6. The molecule has 3 aromatic rings. The van der Waals surface area contributed by atoms with Crippen LogP contribution in [0, 0.1) is 12.7 Å². The zero-order valence-corrected chi connectivity index (χ0v) is 12.8. The molecular weight excluding hydrogens is 275 g/mol.